The van der Waals surface area contributed by atoms with Crippen LogP contribution in [0.25, 0.3) is 0 Å². The van der Waals surface area contributed by atoms with E-state index in [9.17, 15) is 0 Å². The summed E-state index contributed by atoms with van der Waals surface area (Å²) in [4.78, 5) is 8.70. The first-order valence-corrected chi connectivity index (χ1v) is 6.41. The Kier molecular flexibility index (Phi) is 4.47. The van der Waals surface area contributed by atoms with Crippen LogP contribution >= 0.6 is 0 Å². The van der Waals surface area contributed by atoms with Crippen molar-refractivity contribution in [3.8, 4) is 5.75 Å². The van der Waals surface area contributed by atoms with Gasteiger partial charge in [-0.25, -0.2) is 9.97 Å². The van der Waals surface area contributed by atoms with E-state index in [0.29, 0.717) is 0 Å². The van der Waals surface area contributed by atoms with Gasteiger partial charge < -0.3 is 10.1 Å². The molecule has 0 saturated heterocycles. The lowest BCUT2D eigenvalue weighted by atomic mass is 10.0. The molecule has 19 heavy (non-hydrogen) atoms. The standard InChI is InChI=1S/C15H19N3O/c1-4-16-14(15-17-8-5-9-18-15)12-10-11(2)6-7-13(12)19-3/h5-10,14,16H,4H2,1-3H3. The Morgan fingerprint density at radius 1 is 1.26 bits per heavy atom. The molecule has 0 aliphatic carbocycles. The minimum Gasteiger partial charge on any atom is -0.496 e. The van der Waals surface area contributed by atoms with Crippen molar-refractivity contribution >= 4 is 0 Å². The molecule has 4 heteroatoms. The van der Waals surface area contributed by atoms with Gasteiger partial charge in [-0.2, -0.15) is 0 Å². The van der Waals surface area contributed by atoms with Crippen LogP contribution in [-0.4, -0.2) is 23.6 Å². The van der Waals surface area contributed by atoms with Crippen molar-refractivity contribution in [3.05, 3.63) is 53.6 Å². The number of ether oxygens (including phenoxy) is 1. The maximum Gasteiger partial charge on any atom is 0.149 e. The third kappa shape index (κ3) is 3.09. The minimum absolute atomic E-state index is 0.0546. The second-order valence-electron chi connectivity index (χ2n) is 4.34. The largest absolute Gasteiger partial charge is 0.496 e. The maximum atomic E-state index is 5.45. The molecule has 0 bridgehead atoms. The molecule has 1 aromatic carbocycles. The summed E-state index contributed by atoms with van der Waals surface area (Å²) in [6.45, 7) is 4.97. The van der Waals surface area contributed by atoms with Crippen molar-refractivity contribution in [2.24, 2.45) is 0 Å². The topological polar surface area (TPSA) is 47.0 Å². The number of hydrogen-bond donors (Lipinski definition) is 1. The van der Waals surface area contributed by atoms with Crippen molar-refractivity contribution in [1.82, 2.24) is 15.3 Å². The maximum absolute atomic E-state index is 5.45. The van der Waals surface area contributed by atoms with Crippen LogP contribution in [0.4, 0.5) is 0 Å². The van der Waals surface area contributed by atoms with E-state index in [1.807, 2.05) is 18.2 Å². The Hall–Kier alpha value is -1.94. The Bertz CT molecular complexity index is 528. The second-order valence-corrected chi connectivity index (χ2v) is 4.34. The summed E-state index contributed by atoms with van der Waals surface area (Å²) in [7, 11) is 1.68. The summed E-state index contributed by atoms with van der Waals surface area (Å²) in [6, 6.07) is 7.90. The van der Waals surface area contributed by atoms with Gasteiger partial charge in [0.05, 0.1) is 13.2 Å². The van der Waals surface area contributed by atoms with Gasteiger partial charge in [-0.3, -0.25) is 0 Å². The van der Waals surface area contributed by atoms with Crippen molar-refractivity contribution in [1.29, 1.82) is 0 Å². The first kappa shape index (κ1) is 13.5. The van der Waals surface area contributed by atoms with Gasteiger partial charge in [0.15, 0.2) is 0 Å². The zero-order valence-corrected chi connectivity index (χ0v) is 11.6. The number of nitrogens with zero attached hydrogens (tertiary/aromatic N) is 2. The molecule has 1 aromatic heterocycles. The van der Waals surface area contributed by atoms with Gasteiger partial charge in [-0.15, -0.1) is 0 Å². The van der Waals surface area contributed by atoms with Crippen LogP contribution in [0.5, 0.6) is 5.75 Å². The lowest BCUT2D eigenvalue weighted by Gasteiger charge is -2.19. The Morgan fingerprint density at radius 2 is 2.00 bits per heavy atom. The molecule has 2 aromatic rings. The van der Waals surface area contributed by atoms with Gasteiger partial charge in [0.25, 0.3) is 0 Å². The van der Waals surface area contributed by atoms with Crippen molar-refractivity contribution in [3.63, 3.8) is 0 Å². The van der Waals surface area contributed by atoms with Crippen LogP contribution in [0.2, 0.25) is 0 Å². The lowest BCUT2D eigenvalue weighted by molar-refractivity contribution is 0.403. The van der Waals surface area contributed by atoms with E-state index < -0.39 is 0 Å². The number of rotatable bonds is 5. The molecule has 0 spiro atoms. The Labute approximate surface area is 113 Å². The lowest BCUT2D eigenvalue weighted by Crippen LogP contribution is -2.24. The fraction of sp³-hybridized carbons (Fsp3) is 0.333. The molecule has 0 aliphatic rings. The van der Waals surface area contributed by atoms with Gasteiger partial charge in [-0.1, -0.05) is 24.6 Å². The predicted octanol–water partition coefficient (Wildman–Crippen LogP) is 2.49. The van der Waals surface area contributed by atoms with Gasteiger partial charge in [0, 0.05) is 18.0 Å². The molecule has 1 heterocycles. The van der Waals surface area contributed by atoms with E-state index in [-0.39, 0.29) is 6.04 Å². The smallest absolute Gasteiger partial charge is 0.149 e. The molecule has 0 amide bonds. The van der Waals surface area contributed by atoms with Gasteiger partial charge in [-0.05, 0) is 25.6 Å². The summed E-state index contributed by atoms with van der Waals surface area (Å²) in [5.41, 5.74) is 2.25. The van der Waals surface area contributed by atoms with Crippen molar-refractivity contribution in [2.75, 3.05) is 13.7 Å². The molecule has 2 rings (SSSR count). The number of methoxy groups -OCH3 is 1. The molecular formula is C15H19N3O. The highest BCUT2D eigenvalue weighted by molar-refractivity contribution is 5.41. The third-order valence-corrected chi connectivity index (χ3v) is 2.95. The highest BCUT2D eigenvalue weighted by atomic mass is 16.5. The van der Waals surface area contributed by atoms with Gasteiger partial charge in [0.1, 0.15) is 11.6 Å². The average molecular weight is 257 g/mol. The summed E-state index contributed by atoms with van der Waals surface area (Å²) < 4.78 is 5.45. The van der Waals surface area contributed by atoms with E-state index in [1.165, 1.54) is 5.56 Å². The number of aryl methyl sites for hydroxylation is 1. The van der Waals surface area contributed by atoms with E-state index in [0.717, 1.165) is 23.7 Å². The molecule has 0 aliphatic heterocycles. The fourth-order valence-electron chi connectivity index (χ4n) is 2.08. The number of aromatic nitrogens is 2. The van der Waals surface area contributed by atoms with Crippen LogP contribution in [0.15, 0.2) is 36.7 Å². The summed E-state index contributed by atoms with van der Waals surface area (Å²) in [5.74, 6) is 1.61. The van der Waals surface area contributed by atoms with Gasteiger partial charge in [0.2, 0.25) is 0 Å². The number of benzene rings is 1. The minimum atomic E-state index is -0.0546. The van der Waals surface area contributed by atoms with Crippen LogP contribution < -0.4 is 10.1 Å². The molecule has 0 radical (unpaired) electrons. The van der Waals surface area contributed by atoms with Crippen LogP contribution in [0.3, 0.4) is 0 Å². The summed E-state index contributed by atoms with van der Waals surface area (Å²) >= 11 is 0. The summed E-state index contributed by atoms with van der Waals surface area (Å²) in [5, 5.41) is 3.41. The first-order chi connectivity index (χ1) is 9.26. The zero-order valence-electron chi connectivity index (χ0n) is 11.6. The molecule has 0 fully saturated rings. The predicted molar refractivity (Wildman–Crippen MR) is 75.3 cm³/mol. The molecule has 100 valence electrons. The third-order valence-electron chi connectivity index (χ3n) is 2.95. The summed E-state index contributed by atoms with van der Waals surface area (Å²) in [6.07, 6.45) is 3.52. The van der Waals surface area contributed by atoms with Crippen LogP contribution in [-0.2, 0) is 0 Å². The van der Waals surface area contributed by atoms with E-state index >= 15 is 0 Å². The van der Waals surface area contributed by atoms with Crippen molar-refractivity contribution < 1.29 is 4.74 Å². The van der Waals surface area contributed by atoms with Crippen LogP contribution in [0, 0.1) is 6.92 Å². The van der Waals surface area contributed by atoms with Crippen LogP contribution in [0.1, 0.15) is 29.9 Å². The van der Waals surface area contributed by atoms with E-state index in [1.54, 1.807) is 19.5 Å². The molecule has 0 saturated carbocycles. The fourth-order valence-corrected chi connectivity index (χ4v) is 2.08. The van der Waals surface area contributed by atoms with Crippen molar-refractivity contribution in [2.45, 2.75) is 19.9 Å². The molecule has 1 N–H and O–H groups in total. The quantitative estimate of drug-likeness (QED) is 0.894. The Balaban J connectivity index is 2.47. The SMILES string of the molecule is CCNC(c1ncccn1)c1cc(C)ccc1OC. The van der Waals surface area contributed by atoms with E-state index in [2.05, 4.69) is 35.2 Å². The molecular weight excluding hydrogens is 238 g/mol. The molecule has 1 atom stereocenters. The van der Waals surface area contributed by atoms with E-state index in [4.69, 9.17) is 4.74 Å². The second kappa shape index (κ2) is 6.29. The first-order valence-electron chi connectivity index (χ1n) is 6.41. The molecule has 1 unspecified atom stereocenters. The highest BCUT2D eigenvalue weighted by Gasteiger charge is 2.19. The van der Waals surface area contributed by atoms with Gasteiger partial charge >= 0.3 is 0 Å². The highest BCUT2D eigenvalue weighted by Crippen LogP contribution is 2.29. The zero-order chi connectivity index (χ0) is 13.7. The number of nitrogens with one attached hydrogen (secondary N) is 1. The molecule has 4 nitrogen and oxygen atoms in total. The monoisotopic (exact) mass is 257 g/mol. The number of hydrogen-bond acceptors (Lipinski definition) is 4. The normalized spacial score (nSPS) is 12.2. The average Bonchev–Trinajstić information content (AvgIpc) is 2.45. The Morgan fingerprint density at radius 3 is 2.63 bits per heavy atom.